The maximum absolute atomic E-state index is 12.5. The van der Waals surface area contributed by atoms with Gasteiger partial charge in [0.25, 0.3) is 5.91 Å². The summed E-state index contributed by atoms with van der Waals surface area (Å²) in [6.07, 6.45) is 1.76. The lowest BCUT2D eigenvalue weighted by molar-refractivity contribution is 0.0710. The van der Waals surface area contributed by atoms with E-state index in [9.17, 15) is 4.79 Å². The molecular weight excluding hydrogens is 320 g/mol. The van der Waals surface area contributed by atoms with Gasteiger partial charge in [0.05, 0.1) is 10.6 Å². The zero-order valence-corrected chi connectivity index (χ0v) is 13.8. The number of H-pyrrole nitrogens is 1. The van der Waals surface area contributed by atoms with E-state index in [1.54, 1.807) is 12.1 Å². The first-order chi connectivity index (χ1) is 10.6. The van der Waals surface area contributed by atoms with Crippen molar-refractivity contribution in [2.24, 2.45) is 7.05 Å². The van der Waals surface area contributed by atoms with Gasteiger partial charge in [-0.15, -0.1) is 0 Å². The number of nitrogens with zero attached hydrogens (tertiary/aromatic N) is 3. The smallest absolute Gasteiger partial charge is 0.255 e. The third kappa shape index (κ3) is 2.80. The third-order valence-corrected chi connectivity index (χ3v) is 4.86. The fraction of sp³-hybridized carbons (Fsp3) is 0.400. The molecule has 2 heterocycles. The number of amides is 1. The summed E-state index contributed by atoms with van der Waals surface area (Å²) < 4.78 is 2.54. The molecule has 0 bridgehead atoms. The summed E-state index contributed by atoms with van der Waals surface area (Å²) in [6.45, 7) is 1.41. The average Bonchev–Trinajstić information content (AvgIpc) is 2.87. The van der Waals surface area contributed by atoms with Crippen molar-refractivity contribution in [1.29, 1.82) is 0 Å². The molecule has 1 aliphatic heterocycles. The predicted molar refractivity (Wildman–Crippen MR) is 87.7 cm³/mol. The van der Waals surface area contributed by atoms with Crippen LogP contribution in [0.1, 0.15) is 34.9 Å². The number of halogens is 1. The molecule has 1 amide bonds. The lowest BCUT2D eigenvalue weighted by Gasteiger charge is -2.31. The van der Waals surface area contributed by atoms with E-state index in [1.165, 1.54) is 0 Å². The number of piperidine rings is 1. The fourth-order valence-corrected chi connectivity index (χ4v) is 3.23. The van der Waals surface area contributed by atoms with Gasteiger partial charge in [-0.2, -0.15) is 5.10 Å². The Morgan fingerprint density at radius 3 is 2.64 bits per heavy atom. The van der Waals surface area contributed by atoms with Gasteiger partial charge in [0.15, 0.2) is 4.77 Å². The van der Waals surface area contributed by atoms with E-state index in [0.29, 0.717) is 34.4 Å². The summed E-state index contributed by atoms with van der Waals surface area (Å²) >= 11 is 11.3. The fourth-order valence-electron chi connectivity index (χ4n) is 2.87. The van der Waals surface area contributed by atoms with Crippen LogP contribution in [-0.2, 0) is 7.05 Å². The van der Waals surface area contributed by atoms with Crippen molar-refractivity contribution in [2.75, 3.05) is 13.1 Å². The number of aromatic amines is 1. The van der Waals surface area contributed by atoms with Crippen LogP contribution in [0.15, 0.2) is 24.3 Å². The number of benzene rings is 1. The first-order valence-corrected chi connectivity index (χ1v) is 8.01. The van der Waals surface area contributed by atoms with Gasteiger partial charge in [0, 0.05) is 26.1 Å². The van der Waals surface area contributed by atoms with Crippen LogP contribution >= 0.6 is 23.8 Å². The monoisotopic (exact) mass is 336 g/mol. The first-order valence-electron chi connectivity index (χ1n) is 7.23. The molecule has 0 radical (unpaired) electrons. The van der Waals surface area contributed by atoms with Crippen LogP contribution in [0, 0.1) is 4.77 Å². The van der Waals surface area contributed by atoms with Crippen LogP contribution in [-0.4, -0.2) is 38.7 Å². The van der Waals surface area contributed by atoms with Crippen molar-refractivity contribution in [3.05, 3.63) is 45.4 Å². The normalized spacial score (nSPS) is 16.0. The van der Waals surface area contributed by atoms with Gasteiger partial charge in [0.2, 0.25) is 0 Å². The second kappa shape index (κ2) is 6.22. The Balaban J connectivity index is 1.69. The maximum Gasteiger partial charge on any atom is 0.255 e. The summed E-state index contributed by atoms with van der Waals surface area (Å²) in [5, 5.41) is 7.63. The second-order valence-electron chi connectivity index (χ2n) is 5.49. The SMILES string of the molecule is Cn1c(C2CCN(C(=O)c3ccccc3Cl)CC2)n[nH]c1=S. The molecule has 3 rings (SSSR count). The van der Waals surface area contributed by atoms with Gasteiger partial charge in [0.1, 0.15) is 5.82 Å². The maximum atomic E-state index is 12.5. The molecule has 1 aromatic carbocycles. The van der Waals surface area contributed by atoms with Crippen molar-refractivity contribution in [3.8, 4) is 0 Å². The van der Waals surface area contributed by atoms with Gasteiger partial charge in [-0.3, -0.25) is 9.89 Å². The van der Waals surface area contributed by atoms with E-state index >= 15 is 0 Å². The highest BCUT2D eigenvalue weighted by Crippen LogP contribution is 2.28. The zero-order valence-electron chi connectivity index (χ0n) is 12.3. The predicted octanol–water partition coefficient (Wildman–Crippen LogP) is 3.15. The van der Waals surface area contributed by atoms with Crippen LogP contribution in [0.25, 0.3) is 0 Å². The Hall–Kier alpha value is -1.66. The van der Waals surface area contributed by atoms with E-state index < -0.39 is 0 Å². The summed E-state index contributed by atoms with van der Waals surface area (Å²) in [4.78, 5) is 14.4. The molecule has 0 unspecified atom stereocenters. The number of hydrogen-bond acceptors (Lipinski definition) is 3. The molecule has 22 heavy (non-hydrogen) atoms. The van der Waals surface area contributed by atoms with Crippen molar-refractivity contribution in [1.82, 2.24) is 19.7 Å². The molecule has 1 aliphatic rings. The summed E-state index contributed by atoms with van der Waals surface area (Å²) in [7, 11) is 1.92. The molecule has 0 atom stereocenters. The summed E-state index contributed by atoms with van der Waals surface area (Å²) in [6, 6.07) is 7.18. The highest BCUT2D eigenvalue weighted by molar-refractivity contribution is 7.71. The molecule has 0 spiro atoms. The van der Waals surface area contributed by atoms with Gasteiger partial charge in [-0.1, -0.05) is 23.7 Å². The molecule has 0 saturated carbocycles. The summed E-state index contributed by atoms with van der Waals surface area (Å²) in [5.41, 5.74) is 0.570. The highest BCUT2D eigenvalue weighted by atomic mass is 35.5. The number of carbonyl (C=O) groups is 1. The largest absolute Gasteiger partial charge is 0.339 e. The highest BCUT2D eigenvalue weighted by Gasteiger charge is 2.27. The van der Waals surface area contributed by atoms with Crippen molar-refractivity contribution in [2.45, 2.75) is 18.8 Å². The molecule has 7 heteroatoms. The van der Waals surface area contributed by atoms with E-state index in [4.69, 9.17) is 23.8 Å². The topological polar surface area (TPSA) is 53.9 Å². The van der Waals surface area contributed by atoms with E-state index in [1.807, 2.05) is 28.6 Å². The van der Waals surface area contributed by atoms with Crippen LogP contribution in [0.3, 0.4) is 0 Å². The Labute approximate surface area is 138 Å². The Morgan fingerprint density at radius 1 is 1.36 bits per heavy atom. The van der Waals surface area contributed by atoms with Crippen molar-refractivity contribution in [3.63, 3.8) is 0 Å². The van der Waals surface area contributed by atoms with Crippen LogP contribution in [0.5, 0.6) is 0 Å². The molecule has 5 nitrogen and oxygen atoms in total. The van der Waals surface area contributed by atoms with Gasteiger partial charge in [-0.05, 0) is 37.2 Å². The summed E-state index contributed by atoms with van der Waals surface area (Å²) in [5.74, 6) is 1.29. The molecular formula is C15H17ClN4OS. The third-order valence-electron chi connectivity index (χ3n) is 4.17. The minimum absolute atomic E-state index is 0.000545. The van der Waals surface area contributed by atoms with Crippen LogP contribution < -0.4 is 0 Å². The minimum Gasteiger partial charge on any atom is -0.339 e. The molecule has 1 N–H and O–H groups in total. The van der Waals surface area contributed by atoms with E-state index in [-0.39, 0.29) is 5.91 Å². The molecule has 116 valence electrons. The first kappa shape index (κ1) is 15.2. The molecule has 1 saturated heterocycles. The Bertz CT molecular complexity index is 746. The number of aromatic nitrogens is 3. The molecule has 0 aliphatic carbocycles. The van der Waals surface area contributed by atoms with E-state index in [2.05, 4.69) is 10.2 Å². The number of carbonyl (C=O) groups excluding carboxylic acids is 1. The molecule has 1 aromatic heterocycles. The average molecular weight is 337 g/mol. The molecule has 2 aromatic rings. The number of rotatable bonds is 2. The van der Waals surface area contributed by atoms with Gasteiger partial charge < -0.3 is 9.47 Å². The Morgan fingerprint density at radius 2 is 2.05 bits per heavy atom. The second-order valence-corrected chi connectivity index (χ2v) is 6.29. The van der Waals surface area contributed by atoms with Crippen molar-refractivity contribution < 1.29 is 4.79 Å². The lowest BCUT2D eigenvalue weighted by Crippen LogP contribution is -2.38. The zero-order chi connectivity index (χ0) is 15.7. The van der Waals surface area contributed by atoms with Gasteiger partial charge in [-0.25, -0.2) is 0 Å². The standard InChI is InChI=1S/C15H17ClN4OS/c1-19-13(17-18-15(19)22)10-6-8-20(9-7-10)14(21)11-4-2-3-5-12(11)16/h2-5,10H,6-9H2,1H3,(H,18,22). The van der Waals surface area contributed by atoms with E-state index in [0.717, 1.165) is 18.7 Å². The quantitative estimate of drug-likeness (QED) is 0.857. The molecule has 1 fully saturated rings. The van der Waals surface area contributed by atoms with Gasteiger partial charge >= 0.3 is 0 Å². The van der Waals surface area contributed by atoms with Crippen LogP contribution in [0.2, 0.25) is 5.02 Å². The number of hydrogen-bond donors (Lipinski definition) is 1. The number of likely N-dealkylation sites (tertiary alicyclic amines) is 1. The number of nitrogens with one attached hydrogen (secondary N) is 1. The van der Waals surface area contributed by atoms with Crippen LogP contribution in [0.4, 0.5) is 0 Å². The Kier molecular flexibility index (Phi) is 4.31. The minimum atomic E-state index is -0.000545. The lowest BCUT2D eigenvalue weighted by atomic mass is 9.95. The van der Waals surface area contributed by atoms with Crippen molar-refractivity contribution >= 4 is 29.7 Å².